The van der Waals surface area contributed by atoms with Crippen molar-refractivity contribution in [3.8, 4) is 0 Å². The Morgan fingerprint density at radius 2 is 1.92 bits per heavy atom. The minimum absolute atomic E-state index is 0.0185. The molecule has 0 unspecified atom stereocenters. The summed E-state index contributed by atoms with van der Waals surface area (Å²) in [6.07, 6.45) is 0. The normalized spacial score (nSPS) is 9.46. The van der Waals surface area contributed by atoms with Gasteiger partial charge in [0.05, 0.1) is 5.56 Å². The standard InChI is InChI=1S/C10H14N2O/c1-11-9-7-5-4-6-8(9)10(13)12(2)3/h4-7,11H,1-3H3. The molecule has 0 aromatic heterocycles. The molecule has 3 nitrogen and oxygen atoms in total. The number of nitrogens with one attached hydrogen (secondary N) is 1. The van der Waals surface area contributed by atoms with Gasteiger partial charge < -0.3 is 10.2 Å². The number of hydrogen-bond acceptors (Lipinski definition) is 2. The van der Waals surface area contributed by atoms with E-state index in [2.05, 4.69) is 5.32 Å². The number of carbonyl (C=O) groups is 1. The van der Waals surface area contributed by atoms with Gasteiger partial charge in [-0.15, -0.1) is 0 Å². The quantitative estimate of drug-likeness (QED) is 0.743. The molecule has 0 radical (unpaired) electrons. The van der Waals surface area contributed by atoms with Gasteiger partial charge in [-0.05, 0) is 12.1 Å². The Hall–Kier alpha value is -1.51. The van der Waals surface area contributed by atoms with Gasteiger partial charge in [-0.2, -0.15) is 0 Å². The zero-order valence-corrected chi connectivity index (χ0v) is 8.16. The lowest BCUT2D eigenvalue weighted by Gasteiger charge is -2.13. The third-order valence-corrected chi connectivity index (χ3v) is 1.83. The molecule has 0 spiro atoms. The van der Waals surface area contributed by atoms with Gasteiger partial charge in [0, 0.05) is 26.8 Å². The Kier molecular flexibility index (Phi) is 2.90. The van der Waals surface area contributed by atoms with E-state index in [1.807, 2.05) is 31.3 Å². The van der Waals surface area contributed by atoms with E-state index in [1.54, 1.807) is 19.0 Å². The minimum atomic E-state index is 0.0185. The molecule has 0 saturated heterocycles. The predicted molar refractivity (Wildman–Crippen MR) is 54.0 cm³/mol. The molecular formula is C10H14N2O. The molecule has 13 heavy (non-hydrogen) atoms. The lowest BCUT2D eigenvalue weighted by atomic mass is 10.1. The number of anilines is 1. The molecule has 0 aliphatic carbocycles. The molecule has 1 aromatic carbocycles. The van der Waals surface area contributed by atoms with Crippen LogP contribution in [0.3, 0.4) is 0 Å². The van der Waals surface area contributed by atoms with Crippen molar-refractivity contribution in [2.75, 3.05) is 26.5 Å². The summed E-state index contributed by atoms with van der Waals surface area (Å²) >= 11 is 0. The first-order chi connectivity index (χ1) is 6.16. The van der Waals surface area contributed by atoms with E-state index < -0.39 is 0 Å². The van der Waals surface area contributed by atoms with Crippen molar-refractivity contribution in [2.45, 2.75) is 0 Å². The van der Waals surface area contributed by atoms with Gasteiger partial charge in [-0.25, -0.2) is 0 Å². The van der Waals surface area contributed by atoms with Crippen LogP contribution >= 0.6 is 0 Å². The summed E-state index contributed by atoms with van der Waals surface area (Å²) in [5.74, 6) is 0.0185. The SMILES string of the molecule is CNc1ccccc1C(=O)N(C)C. The maximum atomic E-state index is 11.6. The van der Waals surface area contributed by atoms with Crippen LogP contribution in [0.2, 0.25) is 0 Å². The molecule has 0 aliphatic rings. The largest absolute Gasteiger partial charge is 0.387 e. The van der Waals surface area contributed by atoms with E-state index in [-0.39, 0.29) is 5.91 Å². The van der Waals surface area contributed by atoms with E-state index in [0.29, 0.717) is 5.56 Å². The van der Waals surface area contributed by atoms with Crippen LogP contribution in [0.4, 0.5) is 5.69 Å². The van der Waals surface area contributed by atoms with Crippen LogP contribution in [-0.2, 0) is 0 Å². The van der Waals surface area contributed by atoms with Crippen LogP contribution in [0.15, 0.2) is 24.3 Å². The Morgan fingerprint density at radius 1 is 1.31 bits per heavy atom. The number of rotatable bonds is 2. The Morgan fingerprint density at radius 3 is 2.46 bits per heavy atom. The first-order valence-corrected chi connectivity index (χ1v) is 4.15. The van der Waals surface area contributed by atoms with Gasteiger partial charge in [0.2, 0.25) is 0 Å². The topological polar surface area (TPSA) is 32.3 Å². The summed E-state index contributed by atoms with van der Waals surface area (Å²) in [6, 6.07) is 7.46. The Labute approximate surface area is 78.4 Å². The maximum Gasteiger partial charge on any atom is 0.255 e. The molecule has 1 amide bonds. The third-order valence-electron chi connectivity index (χ3n) is 1.83. The molecule has 0 atom stereocenters. The zero-order chi connectivity index (χ0) is 9.84. The summed E-state index contributed by atoms with van der Waals surface area (Å²) in [7, 11) is 5.30. The number of amides is 1. The first kappa shape index (κ1) is 9.58. The highest BCUT2D eigenvalue weighted by Crippen LogP contribution is 2.15. The summed E-state index contributed by atoms with van der Waals surface area (Å²) in [6.45, 7) is 0. The van der Waals surface area contributed by atoms with Crippen molar-refractivity contribution in [3.05, 3.63) is 29.8 Å². The molecule has 1 N–H and O–H groups in total. The van der Waals surface area contributed by atoms with Crippen LogP contribution < -0.4 is 5.32 Å². The van der Waals surface area contributed by atoms with Crippen LogP contribution in [0, 0.1) is 0 Å². The fourth-order valence-electron chi connectivity index (χ4n) is 1.13. The smallest absolute Gasteiger partial charge is 0.255 e. The summed E-state index contributed by atoms with van der Waals surface area (Å²) in [4.78, 5) is 13.2. The predicted octanol–water partition coefficient (Wildman–Crippen LogP) is 1.43. The van der Waals surface area contributed by atoms with Crippen LogP contribution in [0.1, 0.15) is 10.4 Å². The van der Waals surface area contributed by atoms with E-state index in [4.69, 9.17) is 0 Å². The molecule has 1 aromatic rings. The molecule has 0 bridgehead atoms. The summed E-state index contributed by atoms with van der Waals surface area (Å²) < 4.78 is 0. The van der Waals surface area contributed by atoms with Gasteiger partial charge in [-0.1, -0.05) is 12.1 Å². The Bertz CT molecular complexity index is 308. The molecule has 1 rings (SSSR count). The molecule has 3 heteroatoms. The van der Waals surface area contributed by atoms with Gasteiger partial charge in [-0.3, -0.25) is 4.79 Å². The molecule has 0 fully saturated rings. The third kappa shape index (κ3) is 1.99. The highest BCUT2D eigenvalue weighted by atomic mass is 16.2. The maximum absolute atomic E-state index is 11.6. The van der Waals surface area contributed by atoms with Crippen molar-refractivity contribution in [2.24, 2.45) is 0 Å². The minimum Gasteiger partial charge on any atom is -0.387 e. The van der Waals surface area contributed by atoms with Crippen LogP contribution in [0.5, 0.6) is 0 Å². The van der Waals surface area contributed by atoms with Crippen molar-refractivity contribution in [1.82, 2.24) is 4.90 Å². The van der Waals surface area contributed by atoms with E-state index in [0.717, 1.165) is 5.69 Å². The lowest BCUT2D eigenvalue weighted by Crippen LogP contribution is -2.22. The second-order valence-electron chi connectivity index (χ2n) is 3.00. The van der Waals surface area contributed by atoms with Crippen molar-refractivity contribution in [3.63, 3.8) is 0 Å². The van der Waals surface area contributed by atoms with E-state index in [9.17, 15) is 4.79 Å². The average molecular weight is 178 g/mol. The van der Waals surface area contributed by atoms with Crippen molar-refractivity contribution >= 4 is 11.6 Å². The van der Waals surface area contributed by atoms with Gasteiger partial charge in [0.1, 0.15) is 0 Å². The van der Waals surface area contributed by atoms with Crippen LogP contribution in [0.25, 0.3) is 0 Å². The highest BCUT2D eigenvalue weighted by Gasteiger charge is 2.10. The summed E-state index contributed by atoms with van der Waals surface area (Å²) in [5, 5.41) is 2.98. The van der Waals surface area contributed by atoms with Gasteiger partial charge in [0.15, 0.2) is 0 Å². The van der Waals surface area contributed by atoms with Crippen LogP contribution in [-0.4, -0.2) is 32.0 Å². The van der Waals surface area contributed by atoms with Crippen molar-refractivity contribution < 1.29 is 4.79 Å². The Balaban J connectivity index is 3.06. The average Bonchev–Trinajstić information content (AvgIpc) is 2.16. The molecule has 70 valence electrons. The molecule has 0 heterocycles. The first-order valence-electron chi connectivity index (χ1n) is 4.15. The number of benzene rings is 1. The number of hydrogen-bond donors (Lipinski definition) is 1. The highest BCUT2D eigenvalue weighted by molar-refractivity contribution is 5.99. The number of para-hydroxylation sites is 1. The second-order valence-corrected chi connectivity index (χ2v) is 3.00. The monoisotopic (exact) mass is 178 g/mol. The van der Waals surface area contributed by atoms with Gasteiger partial charge >= 0.3 is 0 Å². The van der Waals surface area contributed by atoms with Crippen molar-refractivity contribution in [1.29, 1.82) is 0 Å². The van der Waals surface area contributed by atoms with E-state index in [1.165, 1.54) is 0 Å². The number of nitrogens with zero attached hydrogens (tertiary/aromatic N) is 1. The molecule has 0 saturated carbocycles. The lowest BCUT2D eigenvalue weighted by molar-refractivity contribution is 0.0828. The second kappa shape index (κ2) is 3.94. The van der Waals surface area contributed by atoms with E-state index >= 15 is 0 Å². The fraction of sp³-hybridized carbons (Fsp3) is 0.300. The van der Waals surface area contributed by atoms with Gasteiger partial charge in [0.25, 0.3) is 5.91 Å². The fourth-order valence-corrected chi connectivity index (χ4v) is 1.13. The number of carbonyl (C=O) groups excluding carboxylic acids is 1. The summed E-state index contributed by atoms with van der Waals surface area (Å²) in [5.41, 5.74) is 1.57. The molecular weight excluding hydrogens is 164 g/mol. The molecule has 0 aliphatic heterocycles. The zero-order valence-electron chi connectivity index (χ0n) is 8.16.